The van der Waals surface area contributed by atoms with Crippen molar-refractivity contribution in [2.45, 2.75) is 77.9 Å². The first-order valence-electron chi connectivity index (χ1n) is 14.9. The van der Waals surface area contributed by atoms with Crippen molar-refractivity contribution in [3.05, 3.63) is 59.2 Å². The molecule has 0 aromatic heterocycles. The average Bonchev–Trinajstić information content (AvgIpc) is 2.93. The number of nitrogens with zero attached hydrogens (tertiary/aromatic N) is 1. The fourth-order valence-corrected chi connectivity index (χ4v) is 5.83. The van der Waals surface area contributed by atoms with Gasteiger partial charge < -0.3 is 30.1 Å². The molecule has 1 fully saturated rings. The molecule has 1 aliphatic heterocycles. The van der Waals surface area contributed by atoms with Gasteiger partial charge in [0, 0.05) is 50.9 Å². The van der Waals surface area contributed by atoms with Crippen LogP contribution in [0.15, 0.2) is 42.5 Å². The highest BCUT2D eigenvalue weighted by Gasteiger charge is 2.43. The SMILES string of the molecule is CNCC(CC(C)C)NC(=O)N1CCC[C@@H]([C@@](O)(CCCCOC)c2cc(C)ccc2Oc2ccc(C)cc2)C1. The van der Waals surface area contributed by atoms with E-state index >= 15 is 0 Å². The highest BCUT2D eigenvalue weighted by atomic mass is 16.5. The molecule has 3 N–H and O–H groups in total. The van der Waals surface area contributed by atoms with Crippen LogP contribution in [-0.2, 0) is 10.3 Å². The van der Waals surface area contributed by atoms with Crippen molar-refractivity contribution < 1.29 is 19.4 Å². The zero-order chi connectivity index (χ0) is 29.1. The van der Waals surface area contributed by atoms with Crippen LogP contribution in [0.2, 0.25) is 0 Å². The van der Waals surface area contributed by atoms with Gasteiger partial charge in [0.15, 0.2) is 0 Å². The summed E-state index contributed by atoms with van der Waals surface area (Å²) in [5.74, 6) is 1.77. The smallest absolute Gasteiger partial charge is 0.317 e. The molecule has 0 bridgehead atoms. The van der Waals surface area contributed by atoms with E-state index in [2.05, 4.69) is 37.5 Å². The van der Waals surface area contributed by atoms with Crippen LogP contribution in [0.1, 0.15) is 69.1 Å². The average molecular weight is 554 g/mol. The van der Waals surface area contributed by atoms with E-state index < -0.39 is 5.60 Å². The Labute approximate surface area is 241 Å². The van der Waals surface area contributed by atoms with Gasteiger partial charge >= 0.3 is 6.03 Å². The molecular formula is C33H51N3O4. The van der Waals surface area contributed by atoms with E-state index in [1.165, 1.54) is 0 Å². The number of urea groups is 1. The fourth-order valence-electron chi connectivity index (χ4n) is 5.83. The van der Waals surface area contributed by atoms with Gasteiger partial charge in [0.1, 0.15) is 11.5 Å². The minimum atomic E-state index is -1.15. The number of carbonyl (C=O) groups excluding carboxylic acids is 1. The predicted molar refractivity (Wildman–Crippen MR) is 162 cm³/mol. The van der Waals surface area contributed by atoms with Crippen LogP contribution in [0.3, 0.4) is 0 Å². The monoisotopic (exact) mass is 553 g/mol. The van der Waals surface area contributed by atoms with Gasteiger partial charge in [-0.1, -0.05) is 43.2 Å². The third-order valence-electron chi connectivity index (χ3n) is 7.92. The molecule has 0 spiro atoms. The predicted octanol–water partition coefficient (Wildman–Crippen LogP) is 6.16. The number of likely N-dealkylation sites (tertiary alicyclic amines) is 1. The highest BCUT2D eigenvalue weighted by molar-refractivity contribution is 5.74. The Balaban J connectivity index is 1.90. The number of methoxy groups -OCH3 is 1. The van der Waals surface area contributed by atoms with E-state index in [1.807, 2.05) is 55.3 Å². The van der Waals surface area contributed by atoms with Crippen molar-refractivity contribution in [2.24, 2.45) is 11.8 Å². The molecule has 222 valence electrons. The van der Waals surface area contributed by atoms with Gasteiger partial charge in [-0.3, -0.25) is 0 Å². The number of aryl methyl sites for hydroxylation is 2. The normalized spacial score (nSPS) is 17.9. The molecule has 2 aromatic rings. The lowest BCUT2D eigenvalue weighted by molar-refractivity contribution is -0.0575. The number of piperidine rings is 1. The maximum atomic E-state index is 13.4. The number of nitrogens with one attached hydrogen (secondary N) is 2. The fraction of sp³-hybridized carbons (Fsp3) is 0.606. The molecule has 1 aliphatic rings. The van der Waals surface area contributed by atoms with Gasteiger partial charge in [-0.2, -0.15) is 0 Å². The molecule has 7 nitrogen and oxygen atoms in total. The van der Waals surface area contributed by atoms with Crippen LogP contribution in [-0.4, -0.2) is 62.5 Å². The number of ether oxygens (including phenoxy) is 2. The quantitative estimate of drug-likeness (QED) is 0.244. The minimum Gasteiger partial charge on any atom is -0.457 e. The van der Waals surface area contributed by atoms with Gasteiger partial charge in [-0.15, -0.1) is 0 Å². The Morgan fingerprint density at radius 3 is 2.52 bits per heavy atom. The second-order valence-corrected chi connectivity index (χ2v) is 11.9. The third kappa shape index (κ3) is 8.95. The zero-order valence-corrected chi connectivity index (χ0v) is 25.5. The van der Waals surface area contributed by atoms with E-state index in [1.54, 1.807) is 7.11 Å². The maximum absolute atomic E-state index is 13.4. The second-order valence-electron chi connectivity index (χ2n) is 11.9. The second kappa shape index (κ2) is 15.4. The lowest BCUT2D eigenvalue weighted by Crippen LogP contribution is -2.54. The standard InChI is InChI=1S/C33H51N3O4/c1-24(2)20-28(22-34-5)35-32(37)36-18-9-10-27(23-36)33(38,17-7-8-19-39-6)30-21-26(4)13-16-31(30)40-29-14-11-25(3)12-15-29/h11-16,21,24,27-28,34,38H,7-10,17-20,22-23H2,1-6H3,(H,35,37)/t27-,28?,33+/m1/s1. The number of benzene rings is 2. The highest BCUT2D eigenvalue weighted by Crippen LogP contribution is 2.44. The van der Waals surface area contributed by atoms with E-state index in [4.69, 9.17) is 9.47 Å². The summed E-state index contributed by atoms with van der Waals surface area (Å²) in [6, 6.07) is 14.0. The number of amides is 2. The number of hydrogen-bond donors (Lipinski definition) is 3. The van der Waals surface area contributed by atoms with Crippen LogP contribution in [0.4, 0.5) is 4.79 Å². The van der Waals surface area contributed by atoms with Crippen molar-refractivity contribution in [1.29, 1.82) is 0 Å². The first-order valence-corrected chi connectivity index (χ1v) is 14.9. The summed E-state index contributed by atoms with van der Waals surface area (Å²) in [6.45, 7) is 11.0. The minimum absolute atomic E-state index is 0.0484. The van der Waals surface area contributed by atoms with Gasteiger partial charge in [-0.05, 0) is 89.6 Å². The van der Waals surface area contributed by atoms with Crippen molar-refractivity contribution in [3.8, 4) is 11.5 Å². The van der Waals surface area contributed by atoms with E-state index in [9.17, 15) is 9.90 Å². The molecule has 0 radical (unpaired) electrons. The van der Waals surface area contributed by atoms with Crippen molar-refractivity contribution in [2.75, 3.05) is 40.4 Å². The molecule has 1 heterocycles. The Hall–Kier alpha value is -2.61. The first-order chi connectivity index (χ1) is 19.2. The van der Waals surface area contributed by atoms with Crippen molar-refractivity contribution >= 4 is 6.03 Å². The molecule has 1 unspecified atom stereocenters. The number of carbonyl (C=O) groups is 1. The lowest BCUT2D eigenvalue weighted by Gasteiger charge is -2.43. The number of likely N-dealkylation sites (N-methyl/N-ethyl adjacent to an activating group) is 1. The molecule has 0 saturated carbocycles. The van der Waals surface area contributed by atoms with Crippen LogP contribution in [0, 0.1) is 25.7 Å². The van der Waals surface area contributed by atoms with Crippen molar-refractivity contribution in [3.63, 3.8) is 0 Å². The Morgan fingerprint density at radius 1 is 1.12 bits per heavy atom. The molecular weight excluding hydrogens is 502 g/mol. The summed E-state index contributed by atoms with van der Waals surface area (Å²) in [7, 11) is 3.62. The van der Waals surface area contributed by atoms with Crippen LogP contribution in [0.5, 0.6) is 11.5 Å². The summed E-state index contributed by atoms with van der Waals surface area (Å²) in [5.41, 5.74) is 1.87. The van der Waals surface area contributed by atoms with E-state index in [0.717, 1.165) is 61.1 Å². The number of aliphatic hydroxyl groups is 1. The summed E-state index contributed by atoms with van der Waals surface area (Å²) < 4.78 is 11.7. The molecule has 0 aliphatic carbocycles. The lowest BCUT2D eigenvalue weighted by atomic mass is 9.73. The summed E-state index contributed by atoms with van der Waals surface area (Å²) >= 11 is 0. The maximum Gasteiger partial charge on any atom is 0.317 e. The topological polar surface area (TPSA) is 83.1 Å². The van der Waals surface area contributed by atoms with Crippen LogP contribution < -0.4 is 15.4 Å². The van der Waals surface area contributed by atoms with Gasteiger partial charge in [0.2, 0.25) is 0 Å². The molecule has 3 atom stereocenters. The van der Waals surface area contributed by atoms with Crippen LogP contribution >= 0.6 is 0 Å². The largest absolute Gasteiger partial charge is 0.457 e. The van der Waals surface area contributed by atoms with E-state index in [-0.39, 0.29) is 18.0 Å². The molecule has 2 amide bonds. The van der Waals surface area contributed by atoms with E-state index in [0.29, 0.717) is 37.8 Å². The first kappa shape index (κ1) is 31.9. The molecule has 40 heavy (non-hydrogen) atoms. The zero-order valence-electron chi connectivity index (χ0n) is 25.5. The Morgan fingerprint density at radius 2 is 1.85 bits per heavy atom. The summed E-state index contributed by atoms with van der Waals surface area (Å²) in [4.78, 5) is 15.3. The van der Waals surface area contributed by atoms with Gasteiger partial charge in [0.25, 0.3) is 0 Å². The molecule has 7 heteroatoms. The molecule has 3 rings (SSSR count). The van der Waals surface area contributed by atoms with Crippen LogP contribution in [0.25, 0.3) is 0 Å². The molecule has 1 saturated heterocycles. The van der Waals surface area contributed by atoms with Crippen molar-refractivity contribution in [1.82, 2.24) is 15.5 Å². The third-order valence-corrected chi connectivity index (χ3v) is 7.92. The molecule has 2 aromatic carbocycles. The number of unbranched alkanes of at least 4 members (excludes halogenated alkanes) is 1. The van der Waals surface area contributed by atoms with Gasteiger partial charge in [0.05, 0.1) is 5.60 Å². The number of hydrogen-bond acceptors (Lipinski definition) is 5. The summed E-state index contributed by atoms with van der Waals surface area (Å²) in [6.07, 6.45) is 4.84. The Kier molecular flexibility index (Phi) is 12.3. The van der Waals surface area contributed by atoms with Gasteiger partial charge in [-0.25, -0.2) is 4.79 Å². The summed E-state index contributed by atoms with van der Waals surface area (Å²) in [5, 5.41) is 19.1. The number of rotatable bonds is 14. The Bertz CT molecular complexity index is 1060.